The van der Waals surface area contributed by atoms with Gasteiger partial charge in [-0.2, -0.15) is 13.2 Å². The number of rotatable bonds is 3. The zero-order chi connectivity index (χ0) is 22.1. The third kappa shape index (κ3) is 4.71. The number of aromatic amines is 1. The molecule has 0 saturated carbocycles. The fraction of sp³-hybridized carbons (Fsp3) is 0.474. The van der Waals surface area contributed by atoms with E-state index in [2.05, 4.69) is 15.0 Å². The maximum atomic E-state index is 12.7. The highest BCUT2D eigenvalue weighted by Crippen LogP contribution is 2.29. The molecular weight excluding hydrogens is 403 g/mol. The summed E-state index contributed by atoms with van der Waals surface area (Å²) >= 11 is 0. The average molecular weight is 425 g/mol. The van der Waals surface area contributed by atoms with Gasteiger partial charge in [0.2, 0.25) is 5.95 Å². The lowest BCUT2D eigenvalue weighted by Crippen LogP contribution is -2.58. The molecule has 1 aliphatic rings. The third-order valence-electron chi connectivity index (χ3n) is 4.94. The molecule has 3 rings (SSSR count). The Morgan fingerprint density at radius 3 is 2.50 bits per heavy atom. The van der Waals surface area contributed by atoms with Crippen LogP contribution in [0.1, 0.15) is 25.0 Å². The Morgan fingerprint density at radius 1 is 1.27 bits per heavy atom. The number of amides is 1. The minimum absolute atomic E-state index is 0.0483. The molecule has 1 amide bonds. The molecule has 0 aromatic carbocycles. The molecule has 0 bridgehead atoms. The number of pyridine rings is 1. The second kappa shape index (κ2) is 8.33. The Morgan fingerprint density at radius 2 is 1.93 bits per heavy atom. The first-order valence-corrected chi connectivity index (χ1v) is 9.38. The highest BCUT2D eigenvalue weighted by molar-refractivity contribution is 5.71. The van der Waals surface area contributed by atoms with Crippen molar-refractivity contribution in [1.29, 1.82) is 0 Å². The number of piperazine rings is 1. The first kappa shape index (κ1) is 21.6. The van der Waals surface area contributed by atoms with E-state index in [9.17, 15) is 22.8 Å². The quantitative estimate of drug-likeness (QED) is 0.813. The van der Waals surface area contributed by atoms with Crippen LogP contribution in [0.5, 0.6) is 5.75 Å². The lowest BCUT2D eigenvalue weighted by atomic mass is 10.00. The Bertz CT molecular complexity index is 959. The molecule has 3 heterocycles. The summed E-state index contributed by atoms with van der Waals surface area (Å²) in [6.07, 6.45) is -2.23. The fourth-order valence-electron chi connectivity index (χ4n) is 3.21. The van der Waals surface area contributed by atoms with Gasteiger partial charge < -0.3 is 19.5 Å². The molecule has 1 unspecified atom stereocenters. The van der Waals surface area contributed by atoms with E-state index in [1.54, 1.807) is 16.7 Å². The minimum atomic E-state index is -4.50. The number of carbonyl (C=O) groups excluding carboxylic acids is 1. The number of alkyl halides is 3. The highest BCUT2D eigenvalue weighted by Gasteiger charge is 2.35. The number of aromatic nitrogens is 3. The maximum Gasteiger partial charge on any atom is 0.419 e. The van der Waals surface area contributed by atoms with Crippen LogP contribution in [0.15, 0.2) is 29.5 Å². The van der Waals surface area contributed by atoms with Crippen LogP contribution in [0.2, 0.25) is 0 Å². The van der Waals surface area contributed by atoms with Crippen LogP contribution in [0.25, 0.3) is 0 Å². The summed E-state index contributed by atoms with van der Waals surface area (Å²) in [5.74, 6) is 0.457. The zero-order valence-corrected chi connectivity index (χ0v) is 16.7. The Balaban J connectivity index is 1.72. The lowest BCUT2D eigenvalue weighted by Gasteiger charge is -2.42. The summed E-state index contributed by atoms with van der Waals surface area (Å²) < 4.78 is 43.6. The van der Waals surface area contributed by atoms with Crippen molar-refractivity contribution >= 4 is 12.0 Å². The molecule has 1 N–H and O–H groups in total. The van der Waals surface area contributed by atoms with Gasteiger partial charge in [-0.15, -0.1) is 0 Å². The van der Waals surface area contributed by atoms with Gasteiger partial charge in [0.05, 0.1) is 11.6 Å². The van der Waals surface area contributed by atoms with Gasteiger partial charge in [-0.05, 0) is 18.9 Å². The molecule has 1 aliphatic heterocycles. The van der Waals surface area contributed by atoms with E-state index >= 15 is 0 Å². The molecule has 1 atom stereocenters. The SMILES string of the molecule is Cc1cc(OC(=O)N2CCN(c3ncc(C(F)(F)F)cn3)CC2C(C)C)c[nH]c1=O. The van der Waals surface area contributed by atoms with Crippen molar-refractivity contribution in [2.75, 3.05) is 24.5 Å². The van der Waals surface area contributed by atoms with Crippen LogP contribution in [0.4, 0.5) is 23.9 Å². The average Bonchev–Trinajstić information content (AvgIpc) is 2.69. The van der Waals surface area contributed by atoms with Crippen LogP contribution in [-0.4, -0.2) is 51.6 Å². The molecular formula is C19H22F3N5O3. The number of carbonyl (C=O) groups is 1. The second-order valence-corrected chi connectivity index (χ2v) is 7.44. The zero-order valence-electron chi connectivity index (χ0n) is 16.7. The standard InChI is InChI=1S/C19H22F3N5O3/c1-11(2)15-10-26(17-24-7-13(8-25-17)19(20,21)22)4-5-27(15)18(29)30-14-6-12(3)16(28)23-9-14/h6-9,11,15H,4-5,10H2,1-3H3,(H,23,28). The molecule has 8 nitrogen and oxygen atoms in total. The van der Waals surface area contributed by atoms with Gasteiger partial charge >= 0.3 is 12.3 Å². The van der Waals surface area contributed by atoms with E-state index in [-0.39, 0.29) is 35.8 Å². The molecule has 0 radical (unpaired) electrons. The van der Waals surface area contributed by atoms with Gasteiger partial charge in [0.15, 0.2) is 0 Å². The van der Waals surface area contributed by atoms with E-state index in [1.165, 1.54) is 12.3 Å². The number of nitrogens with one attached hydrogen (secondary N) is 1. The normalized spacial score (nSPS) is 17.4. The van der Waals surface area contributed by atoms with Crippen molar-refractivity contribution in [1.82, 2.24) is 19.9 Å². The molecule has 2 aromatic heterocycles. The topological polar surface area (TPSA) is 91.4 Å². The van der Waals surface area contributed by atoms with Gasteiger partial charge in [-0.25, -0.2) is 14.8 Å². The molecule has 0 aliphatic carbocycles. The van der Waals surface area contributed by atoms with Gasteiger partial charge in [-0.3, -0.25) is 4.79 Å². The highest BCUT2D eigenvalue weighted by atomic mass is 19.4. The van der Waals surface area contributed by atoms with E-state index in [0.29, 0.717) is 18.7 Å². The van der Waals surface area contributed by atoms with Gasteiger partial charge in [-0.1, -0.05) is 13.8 Å². The monoisotopic (exact) mass is 425 g/mol. The van der Waals surface area contributed by atoms with Crippen LogP contribution >= 0.6 is 0 Å². The third-order valence-corrected chi connectivity index (χ3v) is 4.94. The largest absolute Gasteiger partial charge is 0.419 e. The van der Waals surface area contributed by atoms with Crippen LogP contribution in [0.3, 0.4) is 0 Å². The number of aryl methyl sites for hydroxylation is 1. The molecule has 2 aromatic rings. The number of H-pyrrole nitrogens is 1. The van der Waals surface area contributed by atoms with E-state index in [1.807, 2.05) is 13.8 Å². The first-order chi connectivity index (χ1) is 14.1. The lowest BCUT2D eigenvalue weighted by molar-refractivity contribution is -0.138. The fourth-order valence-corrected chi connectivity index (χ4v) is 3.21. The Kier molecular flexibility index (Phi) is 5.99. The van der Waals surface area contributed by atoms with Crippen LogP contribution in [-0.2, 0) is 6.18 Å². The number of nitrogens with zero attached hydrogens (tertiary/aromatic N) is 4. The van der Waals surface area contributed by atoms with Crippen molar-refractivity contribution < 1.29 is 22.7 Å². The second-order valence-electron chi connectivity index (χ2n) is 7.44. The van der Waals surface area contributed by atoms with Crippen LogP contribution in [0, 0.1) is 12.8 Å². The predicted octanol–water partition coefficient (Wildman–Crippen LogP) is 2.84. The molecule has 1 fully saturated rings. The number of ether oxygens (including phenoxy) is 1. The predicted molar refractivity (Wildman–Crippen MR) is 102 cm³/mol. The summed E-state index contributed by atoms with van der Waals surface area (Å²) in [6, 6.07) is 1.22. The number of anilines is 1. The van der Waals surface area contributed by atoms with Crippen molar-refractivity contribution in [2.24, 2.45) is 5.92 Å². The number of hydrogen-bond acceptors (Lipinski definition) is 6. The van der Waals surface area contributed by atoms with Crippen molar-refractivity contribution in [3.63, 3.8) is 0 Å². The van der Waals surface area contributed by atoms with Gasteiger partial charge in [0.1, 0.15) is 5.75 Å². The summed E-state index contributed by atoms with van der Waals surface area (Å²) in [4.78, 5) is 37.7. The minimum Gasteiger partial charge on any atom is -0.409 e. The van der Waals surface area contributed by atoms with Crippen molar-refractivity contribution in [2.45, 2.75) is 33.0 Å². The smallest absolute Gasteiger partial charge is 0.409 e. The van der Waals surface area contributed by atoms with E-state index < -0.39 is 17.8 Å². The summed E-state index contributed by atoms with van der Waals surface area (Å²) in [5, 5.41) is 0. The molecule has 30 heavy (non-hydrogen) atoms. The summed E-state index contributed by atoms with van der Waals surface area (Å²) in [7, 11) is 0. The maximum absolute atomic E-state index is 12.7. The van der Waals surface area contributed by atoms with Gasteiger partial charge in [0, 0.05) is 43.8 Å². The Labute approximate surface area is 170 Å². The van der Waals surface area contributed by atoms with E-state index in [4.69, 9.17) is 4.74 Å². The Hall–Kier alpha value is -3.11. The molecule has 1 saturated heterocycles. The summed E-state index contributed by atoms with van der Waals surface area (Å²) in [6.45, 7) is 6.46. The first-order valence-electron chi connectivity index (χ1n) is 9.38. The van der Waals surface area contributed by atoms with Crippen LogP contribution < -0.4 is 15.2 Å². The van der Waals surface area contributed by atoms with Crippen molar-refractivity contribution in [3.05, 3.63) is 46.1 Å². The summed E-state index contributed by atoms with van der Waals surface area (Å²) in [5.41, 5.74) is -0.755. The number of hydrogen-bond donors (Lipinski definition) is 1. The number of halogens is 3. The molecule has 162 valence electrons. The van der Waals surface area contributed by atoms with E-state index in [0.717, 1.165) is 12.4 Å². The van der Waals surface area contributed by atoms with Gasteiger partial charge in [0.25, 0.3) is 5.56 Å². The molecule has 11 heteroatoms. The molecule has 0 spiro atoms. The van der Waals surface area contributed by atoms with Crippen molar-refractivity contribution in [3.8, 4) is 5.75 Å².